The number of anilines is 1. The predicted molar refractivity (Wildman–Crippen MR) is 159 cm³/mol. The molecule has 0 fully saturated rings. The molecule has 2 atom stereocenters. The Hall–Kier alpha value is -3.56. The minimum absolute atomic E-state index is 0.0711. The summed E-state index contributed by atoms with van der Waals surface area (Å²) in [5.74, 6) is 0.375. The molecule has 0 unspecified atom stereocenters. The van der Waals surface area contributed by atoms with Crippen molar-refractivity contribution in [2.24, 2.45) is 0 Å². The van der Waals surface area contributed by atoms with Crippen molar-refractivity contribution in [1.29, 1.82) is 0 Å². The Kier molecular flexibility index (Phi) is 11.0. The smallest absolute Gasteiger partial charge is 0.244 e. The second kappa shape index (κ2) is 14.2. The van der Waals surface area contributed by atoms with E-state index in [1.807, 2.05) is 51.1 Å². The quantitative estimate of drug-likeness (QED) is 0.281. The minimum Gasteiger partial charge on any atom is -0.457 e. The van der Waals surface area contributed by atoms with Crippen LogP contribution in [0, 0.1) is 0 Å². The van der Waals surface area contributed by atoms with Crippen molar-refractivity contribution in [1.82, 2.24) is 10.2 Å². The van der Waals surface area contributed by atoms with Crippen LogP contribution in [0.5, 0.6) is 11.5 Å². The fourth-order valence-electron chi connectivity index (χ4n) is 4.07. The van der Waals surface area contributed by atoms with Crippen LogP contribution in [-0.4, -0.2) is 50.0 Å². The number of para-hydroxylation sites is 1. The van der Waals surface area contributed by atoms with Gasteiger partial charge < -0.3 is 15.0 Å². The number of amides is 2. The van der Waals surface area contributed by atoms with Crippen molar-refractivity contribution < 1.29 is 22.7 Å². The van der Waals surface area contributed by atoms with Crippen molar-refractivity contribution in [3.63, 3.8) is 0 Å². The second-order valence-corrected chi connectivity index (χ2v) is 11.9. The highest BCUT2D eigenvalue weighted by Crippen LogP contribution is 2.26. The zero-order chi connectivity index (χ0) is 29.3. The first-order chi connectivity index (χ1) is 19.0. The number of nitrogens with zero attached hydrogens (tertiary/aromatic N) is 2. The number of benzene rings is 3. The van der Waals surface area contributed by atoms with Crippen LogP contribution in [-0.2, 0) is 26.2 Å². The van der Waals surface area contributed by atoms with E-state index in [0.717, 1.165) is 22.5 Å². The molecule has 0 bridgehead atoms. The lowest BCUT2D eigenvalue weighted by Crippen LogP contribution is -2.53. The van der Waals surface area contributed by atoms with Crippen LogP contribution in [0.2, 0.25) is 5.02 Å². The van der Waals surface area contributed by atoms with Gasteiger partial charge in [-0.2, -0.15) is 0 Å². The van der Waals surface area contributed by atoms with Crippen LogP contribution >= 0.6 is 11.6 Å². The number of ether oxygens (including phenoxy) is 1. The molecule has 0 spiro atoms. The van der Waals surface area contributed by atoms with Gasteiger partial charge in [0.05, 0.1) is 11.9 Å². The van der Waals surface area contributed by atoms with Gasteiger partial charge in [-0.15, -0.1) is 0 Å². The van der Waals surface area contributed by atoms with Crippen LogP contribution in [0.4, 0.5) is 5.69 Å². The number of hydrogen-bond donors (Lipinski definition) is 1. The van der Waals surface area contributed by atoms with Crippen LogP contribution in [0.25, 0.3) is 0 Å². The third kappa shape index (κ3) is 8.72. The highest BCUT2D eigenvalue weighted by molar-refractivity contribution is 7.92. The molecule has 3 aromatic carbocycles. The largest absolute Gasteiger partial charge is 0.457 e. The molecule has 3 rings (SSSR count). The summed E-state index contributed by atoms with van der Waals surface area (Å²) in [6, 6.07) is 21.8. The summed E-state index contributed by atoms with van der Waals surface area (Å²) in [6.45, 7) is 5.32. The first-order valence-electron chi connectivity index (χ1n) is 13.2. The van der Waals surface area contributed by atoms with Crippen molar-refractivity contribution in [2.75, 3.05) is 17.1 Å². The number of rotatable bonds is 13. The van der Waals surface area contributed by atoms with Crippen LogP contribution in [0.15, 0.2) is 78.9 Å². The Labute approximate surface area is 241 Å². The molecule has 10 heteroatoms. The first kappa shape index (κ1) is 31.0. The lowest BCUT2D eigenvalue weighted by Gasteiger charge is -2.33. The van der Waals surface area contributed by atoms with Gasteiger partial charge >= 0.3 is 0 Å². The summed E-state index contributed by atoms with van der Waals surface area (Å²) in [6.07, 6.45) is 2.14. The maximum atomic E-state index is 13.8. The first-order valence-corrected chi connectivity index (χ1v) is 15.4. The van der Waals surface area contributed by atoms with E-state index in [1.54, 1.807) is 48.5 Å². The predicted octanol–water partition coefficient (Wildman–Crippen LogP) is 5.62. The van der Waals surface area contributed by atoms with E-state index in [2.05, 4.69) is 5.32 Å². The summed E-state index contributed by atoms with van der Waals surface area (Å²) >= 11 is 6.04. The third-order valence-corrected chi connectivity index (χ3v) is 7.83. The van der Waals surface area contributed by atoms with E-state index in [-0.39, 0.29) is 18.5 Å². The highest BCUT2D eigenvalue weighted by Gasteiger charge is 2.32. The van der Waals surface area contributed by atoms with E-state index in [1.165, 1.54) is 4.90 Å². The van der Waals surface area contributed by atoms with Crippen LogP contribution < -0.4 is 14.4 Å². The molecule has 0 aromatic heterocycles. The van der Waals surface area contributed by atoms with E-state index in [9.17, 15) is 18.0 Å². The van der Waals surface area contributed by atoms with Gasteiger partial charge in [0.2, 0.25) is 21.8 Å². The van der Waals surface area contributed by atoms with E-state index in [4.69, 9.17) is 16.3 Å². The van der Waals surface area contributed by atoms with Gasteiger partial charge in [0, 0.05) is 17.6 Å². The Bertz CT molecular complexity index is 1370. The maximum Gasteiger partial charge on any atom is 0.244 e. The molecule has 0 saturated carbocycles. The number of sulfonamides is 1. The molecule has 40 heavy (non-hydrogen) atoms. The number of carbonyl (C=O) groups excluding carboxylic acids is 2. The monoisotopic (exact) mass is 585 g/mol. The molecule has 214 valence electrons. The van der Waals surface area contributed by atoms with Gasteiger partial charge in [0.1, 0.15) is 24.1 Å². The lowest BCUT2D eigenvalue weighted by molar-refractivity contribution is -0.140. The van der Waals surface area contributed by atoms with Gasteiger partial charge in [0.15, 0.2) is 0 Å². The summed E-state index contributed by atoms with van der Waals surface area (Å²) in [7, 11) is -3.85. The van der Waals surface area contributed by atoms with Crippen molar-refractivity contribution >= 4 is 39.1 Å². The molecular formula is C30H36ClN3O5S. The molecule has 0 heterocycles. The minimum atomic E-state index is -3.85. The highest BCUT2D eigenvalue weighted by atomic mass is 35.5. The summed E-state index contributed by atoms with van der Waals surface area (Å²) in [5.41, 5.74) is 1.07. The van der Waals surface area contributed by atoms with Gasteiger partial charge in [0.25, 0.3) is 0 Å². The van der Waals surface area contributed by atoms with E-state index in [0.29, 0.717) is 28.6 Å². The molecule has 0 radical (unpaired) electrons. The number of hydrogen-bond acceptors (Lipinski definition) is 5. The summed E-state index contributed by atoms with van der Waals surface area (Å²) in [4.78, 5) is 28.4. The molecule has 0 aliphatic heterocycles. The topological polar surface area (TPSA) is 96.0 Å². The summed E-state index contributed by atoms with van der Waals surface area (Å²) < 4.78 is 32.5. The number of carbonyl (C=O) groups is 2. The molecule has 3 aromatic rings. The van der Waals surface area contributed by atoms with Crippen molar-refractivity contribution in [3.8, 4) is 11.5 Å². The van der Waals surface area contributed by atoms with Crippen LogP contribution in [0.1, 0.15) is 39.2 Å². The molecule has 0 aliphatic rings. The van der Waals surface area contributed by atoms with Crippen molar-refractivity contribution in [2.45, 2.75) is 52.2 Å². The average Bonchev–Trinajstić information content (AvgIpc) is 2.93. The van der Waals surface area contributed by atoms with Gasteiger partial charge in [-0.3, -0.25) is 13.9 Å². The Morgan fingerprint density at radius 1 is 0.900 bits per heavy atom. The molecule has 8 nitrogen and oxygen atoms in total. The zero-order valence-electron chi connectivity index (χ0n) is 23.2. The van der Waals surface area contributed by atoms with E-state index < -0.39 is 28.5 Å². The fourth-order valence-corrected chi connectivity index (χ4v) is 5.04. The molecular weight excluding hydrogens is 550 g/mol. The normalized spacial score (nSPS) is 12.7. The third-order valence-electron chi connectivity index (χ3n) is 6.44. The zero-order valence-corrected chi connectivity index (χ0v) is 24.8. The van der Waals surface area contributed by atoms with Crippen molar-refractivity contribution in [3.05, 3.63) is 89.4 Å². The molecule has 2 amide bonds. The molecule has 0 saturated heterocycles. The second-order valence-electron chi connectivity index (χ2n) is 9.57. The molecule has 0 aliphatic carbocycles. The van der Waals surface area contributed by atoms with E-state index >= 15 is 0 Å². The Morgan fingerprint density at radius 3 is 2.05 bits per heavy atom. The molecule has 1 N–H and O–H groups in total. The van der Waals surface area contributed by atoms with Crippen LogP contribution in [0.3, 0.4) is 0 Å². The van der Waals surface area contributed by atoms with Gasteiger partial charge in [-0.1, -0.05) is 55.8 Å². The van der Waals surface area contributed by atoms with Gasteiger partial charge in [-0.25, -0.2) is 8.42 Å². The SMILES string of the molecule is CC[C@@H](C)NC(=O)[C@H](CC)N(Cc1ccc(Cl)cc1)C(=O)CN(c1ccc(Oc2ccccc2)cc1)S(C)(=O)=O. The lowest BCUT2D eigenvalue weighted by atomic mass is 10.1. The van der Waals surface area contributed by atoms with Gasteiger partial charge in [-0.05, 0) is 73.9 Å². The Balaban J connectivity index is 1.89. The number of nitrogens with one attached hydrogen (secondary N) is 1. The Morgan fingerprint density at radius 2 is 1.50 bits per heavy atom. The standard InChI is InChI=1S/C30H36ClN3O5S/c1-5-22(3)32-30(36)28(6-2)33(20-23-12-14-24(31)15-13-23)29(35)21-34(40(4,37)38)25-16-18-27(19-17-25)39-26-10-8-7-9-11-26/h7-19,22,28H,5-6,20-21H2,1-4H3,(H,32,36)/t22-,28+/m1/s1. The average molecular weight is 586 g/mol. The maximum absolute atomic E-state index is 13.8. The fraction of sp³-hybridized carbons (Fsp3) is 0.333. The summed E-state index contributed by atoms with van der Waals surface area (Å²) in [5, 5.41) is 3.50. The number of halogens is 1.